The van der Waals surface area contributed by atoms with Crippen molar-refractivity contribution in [2.75, 3.05) is 11.9 Å². The molecule has 2 amide bonds. The van der Waals surface area contributed by atoms with Crippen molar-refractivity contribution in [2.45, 2.75) is 87.6 Å². The summed E-state index contributed by atoms with van der Waals surface area (Å²) in [7, 11) is -3.90. The predicted molar refractivity (Wildman–Crippen MR) is 182 cm³/mol. The molecule has 1 saturated carbocycles. The Labute approximate surface area is 284 Å². The van der Waals surface area contributed by atoms with E-state index < -0.39 is 33.9 Å². The lowest BCUT2D eigenvalue weighted by Gasteiger charge is -2.32. The number of halogens is 1. The van der Waals surface area contributed by atoms with Gasteiger partial charge in [0.15, 0.2) is 0 Å². The van der Waals surface area contributed by atoms with E-state index in [-0.39, 0.29) is 40.9 Å². The minimum absolute atomic E-state index is 0.0366. The summed E-state index contributed by atoms with van der Waals surface area (Å²) in [4.78, 5) is 36.7. The van der Waals surface area contributed by atoms with Crippen LogP contribution in [0.3, 0.4) is 0 Å². The quantitative estimate of drug-likeness (QED) is 0.237. The van der Waals surface area contributed by atoms with E-state index in [2.05, 4.69) is 15.6 Å². The largest absolute Gasteiger partial charge is 0.444 e. The zero-order valence-corrected chi connectivity index (χ0v) is 28.5. The number of fused-ring (bicyclic) bond motifs is 1. The monoisotopic (exact) mass is 694 g/mol. The summed E-state index contributed by atoms with van der Waals surface area (Å²) in [6.07, 6.45) is 4.73. The number of β-amino-alcohol motifs (C(OH)–C–C–N with tert-alkyl or cyclic N) is 1. The third-order valence-electron chi connectivity index (χ3n) is 8.54. The fraction of sp³-hybridized carbons (Fsp3) is 0.412. The lowest BCUT2D eigenvalue weighted by Crippen LogP contribution is -2.51. The molecule has 14 heteroatoms. The molecule has 1 aliphatic heterocycles. The molecular weight excluding hydrogens is 656 g/mol. The van der Waals surface area contributed by atoms with Crippen LogP contribution in [-0.4, -0.2) is 80.7 Å². The van der Waals surface area contributed by atoms with Crippen LogP contribution in [0.2, 0.25) is 5.02 Å². The van der Waals surface area contributed by atoms with Gasteiger partial charge in [-0.05, 0) is 64.7 Å². The highest BCUT2D eigenvalue weighted by Gasteiger charge is 2.41. The van der Waals surface area contributed by atoms with Gasteiger partial charge in [0.2, 0.25) is 11.9 Å². The number of amides is 2. The molecule has 2 aliphatic rings. The van der Waals surface area contributed by atoms with E-state index in [1.54, 1.807) is 63.2 Å². The van der Waals surface area contributed by atoms with Gasteiger partial charge in [-0.15, -0.1) is 0 Å². The number of likely N-dealkylation sites (tertiary alicyclic amines) is 1. The van der Waals surface area contributed by atoms with E-state index in [0.29, 0.717) is 34.5 Å². The third-order valence-corrected chi connectivity index (χ3v) is 10.5. The summed E-state index contributed by atoms with van der Waals surface area (Å²) in [5.41, 5.74) is 0.693. The lowest BCUT2D eigenvalue weighted by molar-refractivity contribution is -0.126. The number of para-hydroxylation sites is 1. The third kappa shape index (κ3) is 7.13. The number of benzene rings is 2. The summed E-state index contributed by atoms with van der Waals surface area (Å²) in [6.45, 7) is 5.30. The summed E-state index contributed by atoms with van der Waals surface area (Å²) < 4.78 is 34.0. The maximum atomic E-state index is 13.6. The molecular formula is C34H39ClN6O6S. The summed E-state index contributed by atoms with van der Waals surface area (Å²) >= 11 is 6.62. The van der Waals surface area contributed by atoms with Crippen molar-refractivity contribution >= 4 is 50.5 Å². The number of aliphatic hydroxyl groups is 1. The van der Waals surface area contributed by atoms with E-state index in [1.165, 1.54) is 21.3 Å². The number of rotatable bonds is 7. The zero-order chi connectivity index (χ0) is 34.2. The highest BCUT2D eigenvalue weighted by Crippen LogP contribution is 2.36. The van der Waals surface area contributed by atoms with E-state index in [1.807, 2.05) is 12.1 Å². The Balaban J connectivity index is 1.19. The first-order valence-corrected chi connectivity index (χ1v) is 17.8. The van der Waals surface area contributed by atoms with E-state index in [4.69, 9.17) is 21.3 Å². The molecule has 12 nitrogen and oxygen atoms in total. The highest BCUT2D eigenvalue weighted by molar-refractivity contribution is 7.90. The number of hydrogen-bond donors (Lipinski definition) is 3. The number of nitrogens with zero attached hydrogens (tertiary/aromatic N) is 4. The molecule has 4 atom stereocenters. The SMILES string of the molecule is CC(C)(C)OC(=O)N1C[C@H](O)C[C@H]1C(=O)NC1CCC[C@@H](Nc2ncc(Cl)c(-c3cn(S(=O)(=O)c4ccccc4)c4ccccc34)n2)C1. The average Bonchev–Trinajstić information content (AvgIpc) is 3.64. The molecule has 0 bridgehead atoms. The second-order valence-electron chi connectivity index (χ2n) is 13.3. The zero-order valence-electron chi connectivity index (χ0n) is 27.0. The summed E-state index contributed by atoms with van der Waals surface area (Å²) in [6, 6.07) is 14.3. The van der Waals surface area contributed by atoms with Crippen LogP contribution in [0, 0.1) is 0 Å². The first kappa shape index (κ1) is 33.7. The molecule has 3 N–H and O–H groups in total. The minimum Gasteiger partial charge on any atom is -0.444 e. The van der Waals surface area contributed by atoms with Crippen LogP contribution in [0.4, 0.5) is 10.7 Å². The molecule has 48 heavy (non-hydrogen) atoms. The molecule has 254 valence electrons. The molecule has 2 fully saturated rings. The molecule has 2 aromatic carbocycles. The Morgan fingerprint density at radius 1 is 1.02 bits per heavy atom. The van der Waals surface area contributed by atoms with Gasteiger partial charge in [0, 0.05) is 35.7 Å². The molecule has 1 aliphatic carbocycles. The van der Waals surface area contributed by atoms with Crippen molar-refractivity contribution in [1.82, 2.24) is 24.2 Å². The number of carbonyl (C=O) groups excluding carboxylic acids is 2. The van der Waals surface area contributed by atoms with E-state index in [9.17, 15) is 23.1 Å². The van der Waals surface area contributed by atoms with Crippen LogP contribution in [0.15, 0.2) is 71.9 Å². The van der Waals surface area contributed by atoms with Crippen molar-refractivity contribution in [2.24, 2.45) is 0 Å². The van der Waals surface area contributed by atoms with Gasteiger partial charge in [-0.2, -0.15) is 0 Å². The number of hydrogen-bond acceptors (Lipinski definition) is 9. The van der Waals surface area contributed by atoms with Crippen LogP contribution in [0.25, 0.3) is 22.2 Å². The first-order valence-electron chi connectivity index (χ1n) is 16.0. The second-order valence-corrected chi connectivity index (χ2v) is 15.5. The molecule has 3 heterocycles. The second kappa shape index (κ2) is 13.4. The Bertz CT molecular complexity index is 1930. The smallest absolute Gasteiger partial charge is 0.411 e. The van der Waals surface area contributed by atoms with Crippen LogP contribution in [0.5, 0.6) is 0 Å². The van der Waals surface area contributed by atoms with Gasteiger partial charge in [0.25, 0.3) is 10.0 Å². The number of ether oxygens (including phenoxy) is 1. The maximum absolute atomic E-state index is 13.6. The number of anilines is 1. The Hall–Kier alpha value is -4.20. The highest BCUT2D eigenvalue weighted by atomic mass is 35.5. The van der Waals surface area contributed by atoms with Crippen LogP contribution < -0.4 is 10.6 Å². The first-order chi connectivity index (χ1) is 22.8. The standard InChI is InChI=1S/C34H39ClN6O6S/c1-34(2,3)47-33(44)40-19-23(42)17-29(40)31(43)37-21-10-9-11-22(16-21)38-32-36-18-27(35)30(39-32)26-20-41(28-15-8-7-14-25(26)28)48(45,46)24-12-5-4-6-13-24/h4-8,12-15,18,20-23,29,42H,9-11,16-17,19H2,1-3H3,(H,37,43)(H,36,38,39)/t21?,22-,23-,29+/m1/s1. The molecule has 2 aromatic heterocycles. The van der Waals surface area contributed by atoms with Crippen LogP contribution >= 0.6 is 11.6 Å². The van der Waals surface area contributed by atoms with Gasteiger partial charge < -0.3 is 20.5 Å². The number of carbonyl (C=O) groups is 2. The van der Waals surface area contributed by atoms with Crippen LogP contribution in [0.1, 0.15) is 52.9 Å². The Morgan fingerprint density at radius 2 is 1.73 bits per heavy atom. The van der Waals surface area contributed by atoms with Crippen molar-refractivity contribution in [3.63, 3.8) is 0 Å². The topological polar surface area (TPSA) is 156 Å². The van der Waals surface area contributed by atoms with E-state index in [0.717, 1.165) is 19.3 Å². The summed E-state index contributed by atoms with van der Waals surface area (Å²) in [5, 5.41) is 17.7. The van der Waals surface area contributed by atoms with Crippen molar-refractivity contribution < 1.29 is 27.9 Å². The van der Waals surface area contributed by atoms with Crippen molar-refractivity contribution in [3.8, 4) is 11.3 Å². The van der Waals surface area contributed by atoms with Crippen molar-refractivity contribution in [1.29, 1.82) is 0 Å². The number of aromatic nitrogens is 3. The predicted octanol–water partition coefficient (Wildman–Crippen LogP) is 5.20. The van der Waals surface area contributed by atoms with Crippen LogP contribution in [-0.2, 0) is 19.6 Å². The molecule has 0 spiro atoms. The lowest BCUT2D eigenvalue weighted by atomic mass is 9.90. The molecule has 6 rings (SSSR count). The van der Waals surface area contributed by atoms with Gasteiger partial charge in [0.05, 0.1) is 40.0 Å². The molecule has 1 saturated heterocycles. The molecule has 0 radical (unpaired) electrons. The molecule has 4 aromatic rings. The summed E-state index contributed by atoms with van der Waals surface area (Å²) in [5.74, 6) is -0.000858. The Morgan fingerprint density at radius 3 is 2.48 bits per heavy atom. The van der Waals surface area contributed by atoms with Gasteiger partial charge in [0.1, 0.15) is 11.6 Å². The fourth-order valence-electron chi connectivity index (χ4n) is 6.39. The Kier molecular flexibility index (Phi) is 9.38. The van der Waals surface area contributed by atoms with E-state index >= 15 is 0 Å². The van der Waals surface area contributed by atoms with Gasteiger partial charge >= 0.3 is 6.09 Å². The minimum atomic E-state index is -3.90. The van der Waals surface area contributed by atoms with Gasteiger partial charge in [-0.3, -0.25) is 9.69 Å². The number of nitrogens with one attached hydrogen (secondary N) is 2. The maximum Gasteiger partial charge on any atom is 0.411 e. The van der Waals surface area contributed by atoms with Crippen molar-refractivity contribution in [3.05, 3.63) is 72.0 Å². The molecule has 1 unspecified atom stereocenters. The fourth-order valence-corrected chi connectivity index (χ4v) is 7.97. The number of aliphatic hydroxyl groups excluding tert-OH is 1. The average molecular weight is 695 g/mol. The van der Waals surface area contributed by atoms with Gasteiger partial charge in [-0.1, -0.05) is 48.0 Å². The van der Waals surface area contributed by atoms with Gasteiger partial charge in [-0.25, -0.2) is 27.2 Å². The normalized spacial score (nSPS) is 21.6.